The van der Waals surface area contributed by atoms with E-state index in [1.165, 1.54) is 12.1 Å². The number of nitrogens with one attached hydrogen (secondary N) is 1. The van der Waals surface area contributed by atoms with Crippen molar-refractivity contribution in [2.45, 2.75) is 0 Å². The highest BCUT2D eigenvalue weighted by Gasteiger charge is 2.13. The molecule has 0 spiro atoms. The first kappa shape index (κ1) is 16.7. The molecule has 3 rings (SSSR count). The number of ether oxygens (including phenoxy) is 1. The molecule has 0 fully saturated rings. The number of carbonyl (C=O) groups excluding carboxylic acids is 1. The molecule has 0 bridgehead atoms. The quantitative estimate of drug-likeness (QED) is 0.702. The van der Waals surface area contributed by atoms with Gasteiger partial charge in [0, 0.05) is 12.6 Å². The van der Waals surface area contributed by atoms with Crippen molar-refractivity contribution >= 4 is 5.91 Å². The number of nitrogens with zero attached hydrogens (tertiary/aromatic N) is 2. The van der Waals surface area contributed by atoms with E-state index in [0.717, 1.165) is 11.3 Å². The van der Waals surface area contributed by atoms with Crippen LogP contribution in [0.25, 0.3) is 11.3 Å². The lowest BCUT2D eigenvalue weighted by atomic mass is 10.1. The summed E-state index contributed by atoms with van der Waals surface area (Å²) in [5.74, 6) is 0.0218. The van der Waals surface area contributed by atoms with E-state index in [9.17, 15) is 9.18 Å². The van der Waals surface area contributed by atoms with Gasteiger partial charge in [-0.15, -0.1) is 0 Å². The lowest BCUT2D eigenvalue weighted by molar-refractivity contribution is 0.0937. The van der Waals surface area contributed by atoms with Crippen LogP contribution in [0.2, 0.25) is 0 Å². The molecule has 1 aromatic heterocycles. The van der Waals surface area contributed by atoms with Gasteiger partial charge in [0.05, 0.1) is 12.2 Å². The zero-order valence-corrected chi connectivity index (χ0v) is 13.8. The molecule has 3 aromatic rings. The molecule has 5 nitrogen and oxygen atoms in total. The van der Waals surface area contributed by atoms with Gasteiger partial charge in [0.1, 0.15) is 23.9 Å². The number of hydrogen-bond donors (Lipinski definition) is 1. The van der Waals surface area contributed by atoms with Gasteiger partial charge in [-0.05, 0) is 30.3 Å². The zero-order chi connectivity index (χ0) is 17.6. The van der Waals surface area contributed by atoms with E-state index in [0.29, 0.717) is 24.6 Å². The average Bonchev–Trinajstić information content (AvgIpc) is 3.03. The van der Waals surface area contributed by atoms with Crippen molar-refractivity contribution in [3.05, 3.63) is 72.2 Å². The molecule has 1 N–H and O–H groups in total. The Balaban J connectivity index is 1.55. The minimum absolute atomic E-state index is 0.222. The van der Waals surface area contributed by atoms with Crippen LogP contribution in [-0.2, 0) is 7.05 Å². The Morgan fingerprint density at radius 3 is 2.60 bits per heavy atom. The number of amides is 1. The number of rotatable bonds is 6. The molecule has 0 aliphatic rings. The fourth-order valence-electron chi connectivity index (χ4n) is 2.38. The summed E-state index contributed by atoms with van der Waals surface area (Å²) < 4.78 is 19.8. The molecule has 0 aliphatic carbocycles. The average molecular weight is 339 g/mol. The van der Waals surface area contributed by atoms with E-state index in [1.807, 2.05) is 30.3 Å². The predicted octanol–water partition coefficient (Wildman–Crippen LogP) is 3.04. The molecule has 0 radical (unpaired) electrons. The van der Waals surface area contributed by atoms with Crippen LogP contribution in [0.4, 0.5) is 4.39 Å². The second-order valence-electron chi connectivity index (χ2n) is 5.46. The maximum atomic E-state index is 12.8. The topological polar surface area (TPSA) is 56.2 Å². The van der Waals surface area contributed by atoms with Gasteiger partial charge in [-0.3, -0.25) is 9.48 Å². The molecule has 0 unspecified atom stereocenters. The monoisotopic (exact) mass is 339 g/mol. The molecule has 0 atom stereocenters. The van der Waals surface area contributed by atoms with Gasteiger partial charge in [-0.25, -0.2) is 4.39 Å². The third-order valence-corrected chi connectivity index (χ3v) is 3.65. The van der Waals surface area contributed by atoms with Gasteiger partial charge in [0.2, 0.25) is 0 Å². The Bertz CT molecular complexity index is 845. The van der Waals surface area contributed by atoms with E-state index in [-0.39, 0.29) is 11.7 Å². The van der Waals surface area contributed by atoms with Crippen molar-refractivity contribution in [1.82, 2.24) is 15.1 Å². The first-order valence-electron chi connectivity index (χ1n) is 7.89. The van der Waals surface area contributed by atoms with Gasteiger partial charge in [-0.1, -0.05) is 30.3 Å². The molecule has 25 heavy (non-hydrogen) atoms. The van der Waals surface area contributed by atoms with Crippen LogP contribution >= 0.6 is 0 Å². The Labute approximate surface area is 145 Å². The summed E-state index contributed by atoms with van der Waals surface area (Å²) in [6, 6.07) is 17.2. The number of hydrogen-bond acceptors (Lipinski definition) is 3. The molecular weight excluding hydrogens is 321 g/mol. The number of aromatic nitrogens is 2. The number of halogens is 1. The summed E-state index contributed by atoms with van der Waals surface area (Å²) in [6.07, 6.45) is 0. The second kappa shape index (κ2) is 7.61. The van der Waals surface area contributed by atoms with Gasteiger partial charge in [0.25, 0.3) is 5.91 Å². The molecule has 128 valence electrons. The Morgan fingerprint density at radius 2 is 1.88 bits per heavy atom. The van der Waals surface area contributed by atoms with Crippen molar-refractivity contribution in [2.75, 3.05) is 13.2 Å². The number of aryl methyl sites for hydroxylation is 1. The van der Waals surface area contributed by atoms with Gasteiger partial charge in [0.15, 0.2) is 0 Å². The zero-order valence-electron chi connectivity index (χ0n) is 13.8. The summed E-state index contributed by atoms with van der Waals surface area (Å²) >= 11 is 0. The van der Waals surface area contributed by atoms with E-state index >= 15 is 0 Å². The lowest BCUT2D eigenvalue weighted by Gasteiger charge is -2.07. The number of benzene rings is 2. The van der Waals surface area contributed by atoms with Crippen molar-refractivity contribution in [1.29, 1.82) is 0 Å². The standard InChI is InChI=1S/C19H18FN3O2/c1-23-18(13-17(22-23)14-5-3-2-4-6-14)19(24)21-11-12-25-16-9-7-15(20)8-10-16/h2-10,13H,11-12H2,1H3,(H,21,24). The van der Waals surface area contributed by atoms with Gasteiger partial charge < -0.3 is 10.1 Å². The second-order valence-corrected chi connectivity index (χ2v) is 5.46. The maximum absolute atomic E-state index is 12.8. The Morgan fingerprint density at radius 1 is 1.16 bits per heavy atom. The summed E-state index contributed by atoms with van der Waals surface area (Å²) in [7, 11) is 1.73. The van der Waals surface area contributed by atoms with Crippen molar-refractivity contribution in [2.24, 2.45) is 7.05 Å². The molecule has 2 aromatic carbocycles. The molecule has 1 heterocycles. The van der Waals surface area contributed by atoms with Crippen LogP contribution in [0.3, 0.4) is 0 Å². The fraction of sp³-hybridized carbons (Fsp3) is 0.158. The molecular formula is C19H18FN3O2. The lowest BCUT2D eigenvalue weighted by Crippen LogP contribution is -2.29. The van der Waals surface area contributed by atoms with Crippen LogP contribution < -0.4 is 10.1 Å². The Hall–Kier alpha value is -3.15. The molecule has 1 amide bonds. The van der Waals surface area contributed by atoms with Crippen molar-refractivity contribution < 1.29 is 13.9 Å². The summed E-state index contributed by atoms with van der Waals surface area (Å²) in [4.78, 5) is 12.3. The minimum atomic E-state index is -0.314. The predicted molar refractivity (Wildman–Crippen MR) is 92.9 cm³/mol. The molecule has 6 heteroatoms. The van der Waals surface area contributed by atoms with Crippen molar-refractivity contribution in [3.8, 4) is 17.0 Å². The third-order valence-electron chi connectivity index (χ3n) is 3.65. The van der Waals surface area contributed by atoms with Gasteiger partial charge >= 0.3 is 0 Å². The van der Waals surface area contributed by atoms with Crippen LogP contribution in [0.1, 0.15) is 10.5 Å². The first-order chi connectivity index (χ1) is 12.1. The largest absolute Gasteiger partial charge is 0.492 e. The normalized spacial score (nSPS) is 10.5. The molecule has 0 saturated heterocycles. The van der Waals surface area contributed by atoms with Crippen LogP contribution in [-0.4, -0.2) is 28.8 Å². The molecule has 0 saturated carbocycles. The van der Waals surface area contributed by atoms with E-state index in [2.05, 4.69) is 10.4 Å². The third kappa shape index (κ3) is 4.23. The highest BCUT2D eigenvalue weighted by Crippen LogP contribution is 2.18. The SMILES string of the molecule is Cn1nc(-c2ccccc2)cc1C(=O)NCCOc1ccc(F)cc1. The highest BCUT2D eigenvalue weighted by molar-refractivity contribution is 5.93. The van der Waals surface area contributed by atoms with E-state index < -0.39 is 0 Å². The summed E-state index contributed by atoms with van der Waals surface area (Å²) in [5, 5.41) is 7.16. The summed E-state index contributed by atoms with van der Waals surface area (Å²) in [5.41, 5.74) is 2.17. The molecule has 0 aliphatic heterocycles. The highest BCUT2D eigenvalue weighted by atomic mass is 19.1. The van der Waals surface area contributed by atoms with Crippen LogP contribution in [0.15, 0.2) is 60.7 Å². The fourth-order valence-corrected chi connectivity index (χ4v) is 2.38. The summed E-state index contributed by atoms with van der Waals surface area (Å²) in [6.45, 7) is 0.628. The van der Waals surface area contributed by atoms with Crippen LogP contribution in [0.5, 0.6) is 5.75 Å². The van der Waals surface area contributed by atoms with E-state index in [1.54, 1.807) is 29.9 Å². The number of carbonyl (C=O) groups is 1. The smallest absolute Gasteiger partial charge is 0.269 e. The van der Waals surface area contributed by atoms with Crippen molar-refractivity contribution in [3.63, 3.8) is 0 Å². The Kier molecular flexibility index (Phi) is 5.09. The first-order valence-corrected chi connectivity index (χ1v) is 7.89. The maximum Gasteiger partial charge on any atom is 0.269 e. The minimum Gasteiger partial charge on any atom is -0.492 e. The van der Waals surface area contributed by atoms with Crippen LogP contribution in [0, 0.1) is 5.82 Å². The van der Waals surface area contributed by atoms with E-state index in [4.69, 9.17) is 4.74 Å². The van der Waals surface area contributed by atoms with Gasteiger partial charge in [-0.2, -0.15) is 5.10 Å².